The molecule has 0 radical (unpaired) electrons. The molecule has 2 aromatic rings. The van der Waals surface area contributed by atoms with Crippen LogP contribution in [0.4, 0.5) is 10.1 Å². The molecule has 2 aromatic carbocycles. The van der Waals surface area contributed by atoms with Crippen LogP contribution in [0.5, 0.6) is 0 Å². The Morgan fingerprint density at radius 3 is 2.83 bits per heavy atom. The molecule has 1 atom stereocenters. The van der Waals surface area contributed by atoms with Gasteiger partial charge < -0.3 is 10.6 Å². The number of anilines is 1. The fourth-order valence-corrected chi connectivity index (χ4v) is 3.31. The number of rotatable bonds is 3. The van der Waals surface area contributed by atoms with E-state index in [1.165, 1.54) is 17.8 Å². The first-order chi connectivity index (χ1) is 11.4. The Labute approximate surface area is 143 Å². The summed E-state index contributed by atoms with van der Waals surface area (Å²) >= 11 is 1.47. The van der Waals surface area contributed by atoms with Gasteiger partial charge in [-0.05, 0) is 49.2 Å². The summed E-state index contributed by atoms with van der Waals surface area (Å²) in [5.41, 5.74) is 2.37. The minimum Gasteiger partial charge on any atom is -0.348 e. The molecule has 0 spiro atoms. The third-order valence-corrected chi connectivity index (χ3v) is 5.04. The molecule has 1 aliphatic rings. The lowest BCUT2D eigenvalue weighted by Crippen LogP contribution is -2.27. The largest absolute Gasteiger partial charge is 0.348 e. The minimum absolute atomic E-state index is 0.0693. The Morgan fingerprint density at radius 1 is 1.29 bits per heavy atom. The summed E-state index contributed by atoms with van der Waals surface area (Å²) in [6, 6.07) is 10.1. The number of carbonyl (C=O) groups is 2. The summed E-state index contributed by atoms with van der Waals surface area (Å²) in [6.45, 7) is 3.77. The van der Waals surface area contributed by atoms with Crippen LogP contribution in [0.15, 0.2) is 41.3 Å². The molecule has 2 amide bonds. The molecule has 0 aromatic heterocycles. The zero-order valence-corrected chi connectivity index (χ0v) is 14.2. The SMILES string of the molecule is Cc1ccc(CNC(=O)c2ccc3c(c2)NC(=O)C(C)S3)cc1F. The predicted molar refractivity (Wildman–Crippen MR) is 92.7 cm³/mol. The number of aryl methyl sites for hydroxylation is 1. The normalized spacial score (nSPS) is 16.3. The highest BCUT2D eigenvalue weighted by atomic mass is 32.2. The molecule has 0 saturated carbocycles. The summed E-state index contributed by atoms with van der Waals surface area (Å²) in [4.78, 5) is 25.0. The Morgan fingerprint density at radius 2 is 2.08 bits per heavy atom. The molecule has 1 aliphatic heterocycles. The topological polar surface area (TPSA) is 58.2 Å². The average Bonchev–Trinajstić information content (AvgIpc) is 2.56. The second kappa shape index (κ2) is 6.65. The number of halogens is 1. The van der Waals surface area contributed by atoms with Crippen molar-refractivity contribution in [1.29, 1.82) is 0 Å². The lowest BCUT2D eigenvalue weighted by molar-refractivity contribution is -0.115. The molecule has 0 saturated heterocycles. The first-order valence-corrected chi connectivity index (χ1v) is 8.47. The Bertz CT molecular complexity index is 823. The van der Waals surface area contributed by atoms with Crippen LogP contribution >= 0.6 is 11.8 Å². The van der Waals surface area contributed by atoms with Crippen molar-refractivity contribution in [2.24, 2.45) is 0 Å². The maximum absolute atomic E-state index is 13.5. The number of fused-ring (bicyclic) bond motifs is 1. The van der Waals surface area contributed by atoms with Crippen LogP contribution < -0.4 is 10.6 Å². The molecule has 4 nitrogen and oxygen atoms in total. The van der Waals surface area contributed by atoms with Crippen LogP contribution in [0.25, 0.3) is 0 Å². The molecule has 0 bridgehead atoms. The van der Waals surface area contributed by atoms with Crippen LogP contribution in [0.1, 0.15) is 28.4 Å². The summed E-state index contributed by atoms with van der Waals surface area (Å²) < 4.78 is 13.5. The highest BCUT2D eigenvalue weighted by Crippen LogP contribution is 2.35. The standard InChI is InChI=1S/C18H17FN2O2S/c1-10-3-4-12(7-14(10)19)9-20-18(23)13-5-6-16-15(8-13)21-17(22)11(2)24-16/h3-8,11H,9H2,1-2H3,(H,20,23)(H,21,22). The van der Waals surface area contributed by atoms with E-state index in [1.807, 2.05) is 13.0 Å². The highest BCUT2D eigenvalue weighted by Gasteiger charge is 2.23. The monoisotopic (exact) mass is 344 g/mol. The molecule has 0 fully saturated rings. The fraction of sp³-hybridized carbons (Fsp3) is 0.222. The Kier molecular flexibility index (Phi) is 4.57. The third kappa shape index (κ3) is 3.43. The van der Waals surface area contributed by atoms with Crippen molar-refractivity contribution in [2.75, 3.05) is 5.32 Å². The Hall–Kier alpha value is -2.34. The summed E-state index contributed by atoms with van der Waals surface area (Å²) in [7, 11) is 0. The van der Waals surface area contributed by atoms with E-state index in [0.717, 1.165) is 4.90 Å². The molecular weight excluding hydrogens is 327 g/mol. The minimum atomic E-state index is -0.288. The van der Waals surface area contributed by atoms with E-state index >= 15 is 0 Å². The number of hydrogen-bond acceptors (Lipinski definition) is 3. The summed E-state index contributed by atoms with van der Waals surface area (Å²) in [5, 5.41) is 5.42. The number of benzene rings is 2. The van der Waals surface area contributed by atoms with Crippen LogP contribution in [0.2, 0.25) is 0 Å². The van der Waals surface area contributed by atoms with Crippen LogP contribution in [0.3, 0.4) is 0 Å². The molecule has 24 heavy (non-hydrogen) atoms. The number of nitrogens with one attached hydrogen (secondary N) is 2. The smallest absolute Gasteiger partial charge is 0.251 e. The van der Waals surface area contributed by atoms with Crippen molar-refractivity contribution in [3.05, 3.63) is 58.9 Å². The molecule has 0 aliphatic carbocycles. The molecule has 1 unspecified atom stereocenters. The van der Waals surface area contributed by atoms with Gasteiger partial charge in [-0.1, -0.05) is 12.1 Å². The molecule has 6 heteroatoms. The zero-order valence-electron chi connectivity index (χ0n) is 13.4. The first kappa shape index (κ1) is 16.5. The third-order valence-electron chi connectivity index (χ3n) is 3.86. The van der Waals surface area contributed by atoms with E-state index in [-0.39, 0.29) is 29.4 Å². The van der Waals surface area contributed by atoms with Crippen molar-refractivity contribution in [3.63, 3.8) is 0 Å². The van der Waals surface area contributed by atoms with Gasteiger partial charge in [0.05, 0.1) is 10.9 Å². The van der Waals surface area contributed by atoms with Crippen LogP contribution in [-0.2, 0) is 11.3 Å². The van der Waals surface area contributed by atoms with E-state index < -0.39 is 0 Å². The average molecular weight is 344 g/mol. The molecule has 124 valence electrons. The quantitative estimate of drug-likeness (QED) is 0.896. The lowest BCUT2D eigenvalue weighted by Gasteiger charge is -2.21. The molecule has 2 N–H and O–H groups in total. The number of hydrogen-bond donors (Lipinski definition) is 2. The Balaban J connectivity index is 1.70. The maximum atomic E-state index is 13.5. The van der Waals surface area contributed by atoms with Crippen molar-refractivity contribution < 1.29 is 14.0 Å². The second-order valence-corrected chi connectivity index (χ2v) is 7.11. The highest BCUT2D eigenvalue weighted by molar-refractivity contribution is 8.00. The van der Waals surface area contributed by atoms with Gasteiger partial charge in [-0.15, -0.1) is 11.8 Å². The van der Waals surface area contributed by atoms with Gasteiger partial charge in [0.1, 0.15) is 5.82 Å². The van der Waals surface area contributed by atoms with E-state index in [1.54, 1.807) is 31.2 Å². The zero-order chi connectivity index (χ0) is 17.3. The van der Waals surface area contributed by atoms with Crippen molar-refractivity contribution in [3.8, 4) is 0 Å². The van der Waals surface area contributed by atoms with Crippen LogP contribution in [0, 0.1) is 12.7 Å². The van der Waals surface area contributed by atoms with Gasteiger partial charge in [-0.2, -0.15) is 0 Å². The van der Waals surface area contributed by atoms with Gasteiger partial charge in [0.25, 0.3) is 5.91 Å². The van der Waals surface area contributed by atoms with Crippen LogP contribution in [-0.4, -0.2) is 17.1 Å². The number of thioether (sulfide) groups is 1. The van der Waals surface area contributed by atoms with Gasteiger partial charge in [0.15, 0.2) is 0 Å². The molecular formula is C18H17FN2O2S. The number of carbonyl (C=O) groups excluding carboxylic acids is 2. The van der Waals surface area contributed by atoms with Gasteiger partial charge in [0, 0.05) is 17.0 Å². The summed E-state index contributed by atoms with van der Waals surface area (Å²) in [5.74, 6) is -0.624. The lowest BCUT2D eigenvalue weighted by atomic mass is 10.1. The van der Waals surface area contributed by atoms with Gasteiger partial charge in [-0.25, -0.2) is 4.39 Å². The van der Waals surface area contributed by atoms with Gasteiger partial charge in [0.2, 0.25) is 5.91 Å². The summed E-state index contributed by atoms with van der Waals surface area (Å²) in [6.07, 6.45) is 0. The van der Waals surface area contributed by atoms with E-state index in [0.29, 0.717) is 22.4 Å². The first-order valence-electron chi connectivity index (χ1n) is 7.59. The van der Waals surface area contributed by atoms with E-state index in [2.05, 4.69) is 10.6 Å². The molecule has 3 rings (SSSR count). The maximum Gasteiger partial charge on any atom is 0.251 e. The fourth-order valence-electron chi connectivity index (χ4n) is 2.38. The second-order valence-electron chi connectivity index (χ2n) is 5.73. The van der Waals surface area contributed by atoms with Crippen molar-refractivity contribution >= 4 is 29.3 Å². The number of amides is 2. The van der Waals surface area contributed by atoms with Gasteiger partial charge in [-0.3, -0.25) is 9.59 Å². The predicted octanol–water partition coefficient (Wildman–Crippen LogP) is 3.50. The van der Waals surface area contributed by atoms with Crippen molar-refractivity contribution in [1.82, 2.24) is 5.32 Å². The molecule has 1 heterocycles. The van der Waals surface area contributed by atoms with Crippen molar-refractivity contribution in [2.45, 2.75) is 30.5 Å². The van der Waals surface area contributed by atoms with E-state index in [4.69, 9.17) is 0 Å². The van der Waals surface area contributed by atoms with Gasteiger partial charge >= 0.3 is 0 Å². The van der Waals surface area contributed by atoms with E-state index in [9.17, 15) is 14.0 Å².